The molecule has 0 aromatic carbocycles. The second-order valence-electron chi connectivity index (χ2n) is 3.49. The van der Waals surface area contributed by atoms with E-state index in [0.717, 1.165) is 0 Å². The maximum absolute atomic E-state index is 11.1. The van der Waals surface area contributed by atoms with Crippen LogP contribution in [0.3, 0.4) is 0 Å². The number of ether oxygens (including phenoxy) is 1. The van der Waals surface area contributed by atoms with Gasteiger partial charge in [0.1, 0.15) is 0 Å². The molecule has 4 heteroatoms. The molecule has 12 heavy (non-hydrogen) atoms. The molecule has 1 saturated heterocycles. The molecule has 0 saturated carbocycles. The van der Waals surface area contributed by atoms with Crippen molar-refractivity contribution < 1.29 is 14.6 Å². The van der Waals surface area contributed by atoms with Crippen LogP contribution in [-0.4, -0.2) is 48.3 Å². The van der Waals surface area contributed by atoms with Crippen molar-refractivity contribution in [1.29, 1.82) is 0 Å². The number of β-amino-alcohol motifs (C(OH)–C–C–N with tert-alkyl or cyclic N) is 1. The number of nitrogens with zero attached hydrogens (tertiary/aromatic N) is 1. The third-order valence-electron chi connectivity index (χ3n) is 2.46. The lowest BCUT2D eigenvalue weighted by Gasteiger charge is -2.18. The molecule has 1 N–H and O–H groups in total. The molecule has 1 aliphatic heterocycles. The monoisotopic (exact) mass is 173 g/mol. The first-order valence-electron chi connectivity index (χ1n) is 4.00. The average molecular weight is 173 g/mol. The van der Waals surface area contributed by atoms with E-state index < -0.39 is 11.6 Å². The van der Waals surface area contributed by atoms with Crippen molar-refractivity contribution >= 4 is 5.97 Å². The van der Waals surface area contributed by atoms with Gasteiger partial charge in [0.05, 0.1) is 7.11 Å². The Balaban J connectivity index is 2.69. The Morgan fingerprint density at radius 1 is 1.75 bits per heavy atom. The van der Waals surface area contributed by atoms with Crippen LogP contribution in [0.5, 0.6) is 0 Å². The van der Waals surface area contributed by atoms with Gasteiger partial charge in [-0.15, -0.1) is 0 Å². The lowest BCUT2D eigenvalue weighted by molar-refractivity contribution is -0.160. The molecular formula is C8H15NO3. The van der Waals surface area contributed by atoms with Gasteiger partial charge >= 0.3 is 5.97 Å². The Morgan fingerprint density at radius 3 is 2.67 bits per heavy atom. The Hall–Kier alpha value is -0.610. The molecule has 1 heterocycles. The van der Waals surface area contributed by atoms with Gasteiger partial charge in [0.15, 0.2) is 5.60 Å². The summed E-state index contributed by atoms with van der Waals surface area (Å²) in [5, 5.41) is 9.78. The molecule has 1 fully saturated rings. The zero-order chi connectivity index (χ0) is 9.35. The lowest BCUT2D eigenvalue weighted by atomic mass is 10.0. The van der Waals surface area contributed by atoms with E-state index in [2.05, 4.69) is 4.74 Å². The van der Waals surface area contributed by atoms with Gasteiger partial charge in [-0.25, -0.2) is 4.79 Å². The van der Waals surface area contributed by atoms with Crippen LogP contribution < -0.4 is 0 Å². The lowest BCUT2D eigenvalue weighted by Crippen LogP contribution is -2.41. The summed E-state index contributed by atoms with van der Waals surface area (Å²) in [5.41, 5.74) is -1.29. The summed E-state index contributed by atoms with van der Waals surface area (Å²) in [6.07, 6.45) is 0.455. The van der Waals surface area contributed by atoms with Crippen molar-refractivity contribution in [3.63, 3.8) is 0 Å². The fraction of sp³-hybridized carbons (Fsp3) is 0.875. The molecule has 0 bridgehead atoms. The van der Waals surface area contributed by atoms with E-state index in [1.807, 2.05) is 18.9 Å². The normalized spacial score (nSPS) is 36.8. The maximum atomic E-state index is 11.1. The largest absolute Gasteiger partial charge is 0.467 e. The van der Waals surface area contributed by atoms with E-state index >= 15 is 0 Å². The quantitative estimate of drug-likeness (QED) is 0.549. The first-order valence-corrected chi connectivity index (χ1v) is 4.00. The van der Waals surface area contributed by atoms with Gasteiger partial charge in [-0.1, -0.05) is 0 Å². The highest BCUT2D eigenvalue weighted by Gasteiger charge is 2.45. The summed E-state index contributed by atoms with van der Waals surface area (Å²) < 4.78 is 4.52. The van der Waals surface area contributed by atoms with Crippen LogP contribution in [0, 0.1) is 0 Å². The summed E-state index contributed by atoms with van der Waals surface area (Å²) in [4.78, 5) is 13.1. The number of aliphatic hydroxyl groups is 1. The predicted octanol–water partition coefficient (Wildman–Crippen LogP) is -0.386. The van der Waals surface area contributed by atoms with E-state index in [1.165, 1.54) is 7.11 Å². The molecule has 0 radical (unpaired) electrons. The average Bonchev–Trinajstić information content (AvgIpc) is 2.26. The number of rotatable bonds is 1. The summed E-state index contributed by atoms with van der Waals surface area (Å²) >= 11 is 0. The molecule has 4 nitrogen and oxygen atoms in total. The fourth-order valence-corrected chi connectivity index (χ4v) is 1.62. The van der Waals surface area contributed by atoms with Crippen LogP contribution in [-0.2, 0) is 9.53 Å². The molecule has 0 amide bonds. The minimum Gasteiger partial charge on any atom is -0.467 e. The van der Waals surface area contributed by atoms with Crippen molar-refractivity contribution in [2.24, 2.45) is 0 Å². The van der Waals surface area contributed by atoms with Crippen molar-refractivity contribution in [2.45, 2.75) is 25.0 Å². The first kappa shape index (κ1) is 9.48. The molecular weight excluding hydrogens is 158 g/mol. The van der Waals surface area contributed by atoms with E-state index in [4.69, 9.17) is 0 Å². The van der Waals surface area contributed by atoms with Gasteiger partial charge in [-0.3, -0.25) is 0 Å². The van der Waals surface area contributed by atoms with Gasteiger partial charge in [0.25, 0.3) is 0 Å². The van der Waals surface area contributed by atoms with E-state index in [9.17, 15) is 9.90 Å². The van der Waals surface area contributed by atoms with Crippen LogP contribution in [0.1, 0.15) is 13.3 Å². The van der Waals surface area contributed by atoms with Crippen LogP contribution >= 0.6 is 0 Å². The molecule has 0 spiro atoms. The number of methoxy groups -OCH3 is 1. The van der Waals surface area contributed by atoms with Crippen LogP contribution in [0.25, 0.3) is 0 Å². The highest BCUT2D eigenvalue weighted by Crippen LogP contribution is 2.26. The number of esters is 1. The van der Waals surface area contributed by atoms with Crippen LogP contribution in [0.4, 0.5) is 0 Å². The maximum Gasteiger partial charge on any atom is 0.339 e. The highest BCUT2D eigenvalue weighted by atomic mass is 16.5. The zero-order valence-corrected chi connectivity index (χ0v) is 7.70. The molecule has 1 rings (SSSR count). The zero-order valence-electron chi connectivity index (χ0n) is 7.70. The van der Waals surface area contributed by atoms with Crippen molar-refractivity contribution in [2.75, 3.05) is 20.7 Å². The molecule has 0 aromatic heterocycles. The SMILES string of the molecule is COC(=O)C1(O)CC(C)N(C)C1. The minimum absolute atomic E-state index is 0.231. The van der Waals surface area contributed by atoms with E-state index in [0.29, 0.717) is 13.0 Å². The topological polar surface area (TPSA) is 49.8 Å². The third-order valence-corrected chi connectivity index (χ3v) is 2.46. The number of hydrogen-bond donors (Lipinski definition) is 1. The Kier molecular flexibility index (Phi) is 2.39. The van der Waals surface area contributed by atoms with Crippen molar-refractivity contribution in [3.05, 3.63) is 0 Å². The standard InChI is InChI=1S/C8H15NO3/c1-6-4-8(11,5-9(6)2)7(10)12-3/h6,11H,4-5H2,1-3H3. The first-order chi connectivity index (χ1) is 5.49. The summed E-state index contributed by atoms with van der Waals surface area (Å²) in [5.74, 6) is -0.529. The van der Waals surface area contributed by atoms with Crippen LogP contribution in [0.15, 0.2) is 0 Å². The highest BCUT2D eigenvalue weighted by molar-refractivity contribution is 5.80. The van der Waals surface area contributed by atoms with Crippen molar-refractivity contribution in [3.8, 4) is 0 Å². The molecule has 0 aliphatic carbocycles. The van der Waals surface area contributed by atoms with Crippen molar-refractivity contribution in [1.82, 2.24) is 4.90 Å². The van der Waals surface area contributed by atoms with Crippen LogP contribution in [0.2, 0.25) is 0 Å². The van der Waals surface area contributed by atoms with Gasteiger partial charge in [-0.2, -0.15) is 0 Å². The Morgan fingerprint density at radius 2 is 2.33 bits per heavy atom. The molecule has 2 atom stereocenters. The molecule has 1 aliphatic rings. The number of hydrogen-bond acceptors (Lipinski definition) is 4. The second kappa shape index (κ2) is 3.03. The van der Waals surface area contributed by atoms with Gasteiger partial charge in [0.2, 0.25) is 0 Å². The van der Waals surface area contributed by atoms with Gasteiger partial charge < -0.3 is 14.7 Å². The molecule has 0 aromatic rings. The van der Waals surface area contributed by atoms with E-state index in [1.54, 1.807) is 0 Å². The van der Waals surface area contributed by atoms with E-state index in [-0.39, 0.29) is 6.04 Å². The number of carbonyl (C=O) groups is 1. The number of likely N-dealkylation sites (tertiary alicyclic amines) is 1. The Labute approximate surface area is 72.1 Å². The summed E-state index contributed by atoms with van der Waals surface area (Å²) in [6, 6.07) is 0.231. The Bertz CT molecular complexity index is 183. The van der Waals surface area contributed by atoms with Gasteiger partial charge in [0, 0.05) is 19.0 Å². The summed E-state index contributed by atoms with van der Waals surface area (Å²) in [6.45, 7) is 2.34. The summed E-state index contributed by atoms with van der Waals surface area (Å²) in [7, 11) is 3.18. The molecule has 2 unspecified atom stereocenters. The molecule has 70 valence electrons. The van der Waals surface area contributed by atoms with Gasteiger partial charge in [-0.05, 0) is 14.0 Å². The number of likely N-dealkylation sites (N-methyl/N-ethyl adjacent to an activating group) is 1. The smallest absolute Gasteiger partial charge is 0.339 e. The second-order valence-corrected chi connectivity index (χ2v) is 3.49. The minimum atomic E-state index is -1.29. The fourth-order valence-electron chi connectivity index (χ4n) is 1.62. The predicted molar refractivity (Wildman–Crippen MR) is 43.7 cm³/mol. The third kappa shape index (κ3) is 1.44. The number of carbonyl (C=O) groups excluding carboxylic acids is 1.